The summed E-state index contributed by atoms with van der Waals surface area (Å²) in [5.74, 6) is -0.325. The lowest BCUT2D eigenvalue weighted by Gasteiger charge is -2.27. The highest BCUT2D eigenvalue weighted by atomic mass is 35.5. The molecule has 3 atom stereocenters. The van der Waals surface area contributed by atoms with Gasteiger partial charge in [0.25, 0.3) is 0 Å². The Morgan fingerprint density at radius 2 is 2.12 bits per heavy atom. The second-order valence-electron chi connectivity index (χ2n) is 5.04. The summed E-state index contributed by atoms with van der Waals surface area (Å²) in [5.41, 5.74) is -0.524. The van der Waals surface area contributed by atoms with Gasteiger partial charge in [0.05, 0.1) is 17.4 Å². The van der Waals surface area contributed by atoms with Crippen LogP contribution in [0.15, 0.2) is 0 Å². The molecular weight excluding hydrogens is 228 g/mol. The van der Waals surface area contributed by atoms with Crippen LogP contribution in [0.3, 0.4) is 0 Å². The summed E-state index contributed by atoms with van der Waals surface area (Å²) in [7, 11) is 0. The van der Waals surface area contributed by atoms with Gasteiger partial charge in [-0.3, -0.25) is 0 Å². The lowest BCUT2D eigenvalue weighted by atomic mass is 10.0. The molecule has 1 aliphatic rings. The molecule has 0 N–H and O–H groups in total. The predicted molar refractivity (Wildman–Crippen MR) is 61.1 cm³/mol. The molecule has 0 aromatic rings. The highest BCUT2D eigenvalue weighted by Crippen LogP contribution is 2.29. The Kier molecular flexibility index (Phi) is 3.69. The van der Waals surface area contributed by atoms with E-state index in [-0.39, 0.29) is 17.3 Å². The van der Waals surface area contributed by atoms with Crippen molar-refractivity contribution in [3.8, 4) is 6.07 Å². The maximum atomic E-state index is 11.8. The van der Waals surface area contributed by atoms with E-state index in [4.69, 9.17) is 21.6 Å². The van der Waals surface area contributed by atoms with E-state index in [1.807, 2.05) is 27.7 Å². The number of amides is 1. The zero-order chi connectivity index (χ0) is 12.5. The molecule has 1 heterocycles. The maximum absolute atomic E-state index is 11.8. The molecule has 16 heavy (non-hydrogen) atoms. The van der Waals surface area contributed by atoms with E-state index in [9.17, 15) is 4.79 Å². The van der Waals surface area contributed by atoms with E-state index in [1.54, 1.807) is 0 Å². The largest absolute Gasteiger partial charge is 0.444 e. The van der Waals surface area contributed by atoms with E-state index in [0.29, 0.717) is 6.54 Å². The average molecular weight is 245 g/mol. The highest BCUT2D eigenvalue weighted by molar-refractivity contribution is 6.21. The summed E-state index contributed by atoms with van der Waals surface area (Å²) < 4.78 is 5.25. The van der Waals surface area contributed by atoms with Gasteiger partial charge in [-0.05, 0) is 27.7 Å². The molecule has 0 aromatic heterocycles. The first kappa shape index (κ1) is 13.1. The topological polar surface area (TPSA) is 53.3 Å². The number of halogens is 1. The first-order valence-electron chi connectivity index (χ1n) is 5.29. The van der Waals surface area contributed by atoms with Gasteiger partial charge in [0, 0.05) is 12.6 Å². The highest BCUT2D eigenvalue weighted by Gasteiger charge is 2.42. The summed E-state index contributed by atoms with van der Waals surface area (Å²) >= 11 is 6.01. The van der Waals surface area contributed by atoms with Gasteiger partial charge in [-0.15, -0.1) is 11.6 Å². The zero-order valence-corrected chi connectivity index (χ0v) is 10.8. The first-order chi connectivity index (χ1) is 7.26. The molecular formula is C11H17ClN2O2. The van der Waals surface area contributed by atoms with E-state index >= 15 is 0 Å². The Balaban J connectivity index is 2.70. The Morgan fingerprint density at radius 1 is 1.56 bits per heavy atom. The minimum Gasteiger partial charge on any atom is -0.444 e. The van der Waals surface area contributed by atoms with Crippen LogP contribution in [0, 0.1) is 17.2 Å². The van der Waals surface area contributed by atoms with Gasteiger partial charge in [0.1, 0.15) is 5.60 Å². The van der Waals surface area contributed by atoms with Crippen LogP contribution in [-0.2, 0) is 4.74 Å². The van der Waals surface area contributed by atoms with Crippen LogP contribution in [0.2, 0.25) is 0 Å². The molecule has 1 fully saturated rings. The van der Waals surface area contributed by atoms with Gasteiger partial charge in [-0.1, -0.05) is 0 Å². The van der Waals surface area contributed by atoms with Crippen molar-refractivity contribution in [2.45, 2.75) is 44.7 Å². The van der Waals surface area contributed by atoms with Crippen LogP contribution in [0.25, 0.3) is 0 Å². The number of nitriles is 1. The maximum Gasteiger partial charge on any atom is 0.410 e. The molecule has 1 amide bonds. The third-order valence-electron chi connectivity index (χ3n) is 2.55. The van der Waals surface area contributed by atoms with Crippen molar-refractivity contribution in [1.82, 2.24) is 4.90 Å². The van der Waals surface area contributed by atoms with Gasteiger partial charge in [0.15, 0.2) is 0 Å². The smallest absolute Gasteiger partial charge is 0.410 e. The van der Waals surface area contributed by atoms with Crippen LogP contribution in [-0.4, -0.2) is 34.6 Å². The number of carbonyl (C=O) groups is 1. The summed E-state index contributed by atoms with van der Waals surface area (Å²) in [5, 5.41) is 8.61. The van der Waals surface area contributed by atoms with Crippen molar-refractivity contribution in [3.63, 3.8) is 0 Å². The van der Waals surface area contributed by atoms with Crippen LogP contribution < -0.4 is 0 Å². The molecule has 0 bridgehead atoms. The number of hydrogen-bond acceptors (Lipinski definition) is 3. The average Bonchev–Trinajstić information content (AvgIpc) is 2.38. The molecule has 0 radical (unpaired) electrons. The van der Waals surface area contributed by atoms with Crippen molar-refractivity contribution < 1.29 is 9.53 Å². The summed E-state index contributed by atoms with van der Waals surface area (Å²) in [4.78, 5) is 13.3. The normalized spacial score (nSPS) is 30.0. The van der Waals surface area contributed by atoms with E-state index < -0.39 is 11.7 Å². The number of alkyl halides is 1. The number of likely N-dealkylation sites (tertiary alicyclic amines) is 1. The monoisotopic (exact) mass is 244 g/mol. The predicted octanol–water partition coefficient (Wildman–Crippen LogP) is 2.37. The van der Waals surface area contributed by atoms with Crippen LogP contribution >= 0.6 is 11.6 Å². The molecule has 90 valence electrons. The third kappa shape index (κ3) is 2.79. The Morgan fingerprint density at radius 3 is 2.50 bits per heavy atom. The Bertz CT molecular complexity index is 319. The molecule has 0 aliphatic carbocycles. The molecule has 0 spiro atoms. The summed E-state index contributed by atoms with van der Waals surface area (Å²) in [6.07, 6.45) is -0.400. The van der Waals surface area contributed by atoms with E-state index in [0.717, 1.165) is 0 Å². The van der Waals surface area contributed by atoms with Crippen molar-refractivity contribution in [2.24, 2.45) is 5.92 Å². The second kappa shape index (κ2) is 4.50. The van der Waals surface area contributed by atoms with Crippen molar-refractivity contribution in [1.29, 1.82) is 5.26 Å². The lowest BCUT2D eigenvalue weighted by Crippen LogP contribution is -2.39. The molecule has 1 saturated heterocycles. The minimum atomic E-state index is -0.524. The Labute approximate surface area is 101 Å². The molecule has 0 saturated carbocycles. The van der Waals surface area contributed by atoms with Gasteiger partial charge in [-0.25, -0.2) is 4.79 Å². The summed E-state index contributed by atoms with van der Waals surface area (Å²) in [6.45, 7) is 7.62. The zero-order valence-electron chi connectivity index (χ0n) is 10.0. The number of rotatable bonds is 0. The minimum absolute atomic E-state index is 0.192. The van der Waals surface area contributed by atoms with Crippen LogP contribution in [0.1, 0.15) is 27.7 Å². The molecule has 1 rings (SSSR count). The van der Waals surface area contributed by atoms with Gasteiger partial charge in [-0.2, -0.15) is 5.26 Å². The van der Waals surface area contributed by atoms with E-state index in [2.05, 4.69) is 6.07 Å². The van der Waals surface area contributed by atoms with Crippen molar-refractivity contribution >= 4 is 17.7 Å². The quantitative estimate of drug-likeness (QED) is 0.615. The molecule has 0 aromatic carbocycles. The van der Waals surface area contributed by atoms with Crippen molar-refractivity contribution in [3.05, 3.63) is 0 Å². The lowest BCUT2D eigenvalue weighted by molar-refractivity contribution is 0.0230. The third-order valence-corrected chi connectivity index (χ3v) is 2.96. The number of hydrogen-bond donors (Lipinski definition) is 0. The number of ether oxygens (including phenoxy) is 1. The second-order valence-corrected chi connectivity index (χ2v) is 5.60. The molecule has 1 aliphatic heterocycles. The van der Waals surface area contributed by atoms with Crippen molar-refractivity contribution in [2.75, 3.05) is 6.54 Å². The van der Waals surface area contributed by atoms with E-state index in [1.165, 1.54) is 4.90 Å². The fraction of sp³-hybridized carbons (Fsp3) is 0.818. The summed E-state index contributed by atoms with van der Waals surface area (Å²) in [6, 6.07) is 1.94. The molecule has 4 nitrogen and oxygen atoms in total. The fourth-order valence-electron chi connectivity index (χ4n) is 1.71. The van der Waals surface area contributed by atoms with Gasteiger partial charge >= 0.3 is 6.09 Å². The molecule has 3 unspecified atom stereocenters. The number of carbonyl (C=O) groups excluding carboxylic acids is 1. The standard InChI is InChI=1S/C11H17ClN2O2/c1-7-8(5-13)9(12)6-14(7)10(15)16-11(2,3)4/h7-9H,6H2,1-4H3. The number of nitrogens with zero attached hydrogens (tertiary/aromatic N) is 2. The van der Waals surface area contributed by atoms with Gasteiger partial charge < -0.3 is 9.64 Å². The Hall–Kier alpha value is -0.950. The fourth-order valence-corrected chi connectivity index (χ4v) is 2.13. The first-order valence-corrected chi connectivity index (χ1v) is 5.73. The van der Waals surface area contributed by atoms with Crippen LogP contribution in [0.4, 0.5) is 4.79 Å². The van der Waals surface area contributed by atoms with Crippen LogP contribution in [0.5, 0.6) is 0 Å². The SMILES string of the molecule is CC1C(C#N)C(Cl)CN1C(=O)OC(C)(C)C. The molecule has 5 heteroatoms. The van der Waals surface area contributed by atoms with Gasteiger partial charge in [0.2, 0.25) is 0 Å².